The molecule has 0 spiro atoms. The summed E-state index contributed by atoms with van der Waals surface area (Å²) in [7, 11) is 0. The number of nitrogens with zero attached hydrogens (tertiary/aromatic N) is 2. The number of hydrogen-bond acceptors (Lipinski definition) is 3. The molecular formula is C15H20ClN3. The number of hydrogen-bond donors (Lipinski definition) is 1. The molecule has 2 aliphatic carbocycles. The lowest BCUT2D eigenvalue weighted by atomic mass is 9.97. The van der Waals surface area contributed by atoms with Gasteiger partial charge in [0.1, 0.15) is 5.82 Å². The quantitative estimate of drug-likeness (QED) is 0.669. The third-order valence-corrected chi connectivity index (χ3v) is 4.20. The van der Waals surface area contributed by atoms with E-state index in [4.69, 9.17) is 11.6 Å². The number of nitrogens with one attached hydrogen (secondary N) is 1. The van der Waals surface area contributed by atoms with Gasteiger partial charge in [-0.15, -0.1) is 0 Å². The Morgan fingerprint density at radius 2 is 2.05 bits per heavy atom. The molecule has 3 nitrogen and oxygen atoms in total. The van der Waals surface area contributed by atoms with Crippen LogP contribution < -0.4 is 5.32 Å². The van der Waals surface area contributed by atoms with Crippen LogP contribution in [0, 0.1) is 0 Å². The summed E-state index contributed by atoms with van der Waals surface area (Å²) in [5.74, 6) is 0.962. The number of halogens is 1. The van der Waals surface area contributed by atoms with Crippen LogP contribution in [0.3, 0.4) is 0 Å². The van der Waals surface area contributed by atoms with Gasteiger partial charge in [-0.3, -0.25) is 0 Å². The van der Waals surface area contributed by atoms with Gasteiger partial charge in [0.15, 0.2) is 0 Å². The summed E-state index contributed by atoms with van der Waals surface area (Å²) in [5, 5.41) is 3.83. The molecule has 0 amide bonds. The highest BCUT2D eigenvalue weighted by atomic mass is 35.5. The molecule has 0 aliphatic heterocycles. The van der Waals surface area contributed by atoms with E-state index in [0.717, 1.165) is 37.3 Å². The third kappa shape index (κ3) is 3.08. The van der Waals surface area contributed by atoms with E-state index in [0.29, 0.717) is 5.28 Å². The molecule has 0 radical (unpaired) electrons. The van der Waals surface area contributed by atoms with Gasteiger partial charge in [0, 0.05) is 12.1 Å². The highest BCUT2D eigenvalue weighted by molar-refractivity contribution is 6.28. The molecule has 19 heavy (non-hydrogen) atoms. The van der Waals surface area contributed by atoms with Crippen LogP contribution in [0.4, 0.5) is 5.82 Å². The first kappa shape index (κ1) is 12.9. The van der Waals surface area contributed by atoms with Crippen LogP contribution in [0.1, 0.15) is 49.8 Å². The largest absolute Gasteiger partial charge is 0.369 e. The Morgan fingerprint density at radius 3 is 2.89 bits per heavy atom. The first-order valence-electron chi connectivity index (χ1n) is 7.30. The Labute approximate surface area is 119 Å². The third-order valence-electron chi connectivity index (χ3n) is 4.03. The molecule has 0 saturated carbocycles. The molecule has 2 aliphatic rings. The summed E-state index contributed by atoms with van der Waals surface area (Å²) < 4.78 is 0. The standard InChI is InChI=1S/C15H20ClN3/c16-15-18-13-8-4-7-12(13)14(19-15)17-10-9-11-5-2-1-3-6-11/h5H,1-4,6-10H2,(H,17,18,19). The van der Waals surface area contributed by atoms with Crippen molar-refractivity contribution in [2.75, 3.05) is 11.9 Å². The molecule has 0 saturated heterocycles. The van der Waals surface area contributed by atoms with Crippen molar-refractivity contribution in [1.82, 2.24) is 9.97 Å². The van der Waals surface area contributed by atoms with Crippen molar-refractivity contribution in [1.29, 1.82) is 0 Å². The molecule has 0 aromatic carbocycles. The number of aryl methyl sites for hydroxylation is 1. The van der Waals surface area contributed by atoms with Crippen LogP contribution in [0.15, 0.2) is 11.6 Å². The van der Waals surface area contributed by atoms with Crippen molar-refractivity contribution < 1.29 is 0 Å². The van der Waals surface area contributed by atoms with Crippen LogP contribution in [-0.2, 0) is 12.8 Å². The summed E-state index contributed by atoms with van der Waals surface area (Å²) in [5.41, 5.74) is 4.01. The molecule has 1 N–H and O–H groups in total. The Morgan fingerprint density at radius 1 is 1.11 bits per heavy atom. The van der Waals surface area contributed by atoms with Gasteiger partial charge < -0.3 is 5.32 Å². The van der Waals surface area contributed by atoms with E-state index in [9.17, 15) is 0 Å². The van der Waals surface area contributed by atoms with Gasteiger partial charge in [-0.2, -0.15) is 0 Å². The molecule has 1 heterocycles. The molecule has 0 unspecified atom stereocenters. The number of anilines is 1. The molecule has 3 rings (SSSR count). The highest BCUT2D eigenvalue weighted by Crippen LogP contribution is 2.27. The zero-order chi connectivity index (χ0) is 13.1. The lowest BCUT2D eigenvalue weighted by Crippen LogP contribution is -2.09. The van der Waals surface area contributed by atoms with Crippen molar-refractivity contribution >= 4 is 17.4 Å². The maximum absolute atomic E-state index is 5.98. The zero-order valence-electron chi connectivity index (χ0n) is 11.2. The average molecular weight is 278 g/mol. The minimum Gasteiger partial charge on any atom is -0.369 e. The molecule has 0 bridgehead atoms. The first-order valence-corrected chi connectivity index (χ1v) is 7.68. The number of aromatic nitrogens is 2. The lowest BCUT2D eigenvalue weighted by Gasteiger charge is -2.14. The molecule has 1 aromatic heterocycles. The van der Waals surface area contributed by atoms with Crippen LogP contribution in [-0.4, -0.2) is 16.5 Å². The fourth-order valence-corrected chi connectivity index (χ4v) is 3.21. The van der Waals surface area contributed by atoms with Crippen LogP contribution in [0.25, 0.3) is 0 Å². The van der Waals surface area contributed by atoms with E-state index in [1.807, 2.05) is 0 Å². The smallest absolute Gasteiger partial charge is 0.224 e. The van der Waals surface area contributed by atoms with E-state index in [1.54, 1.807) is 5.57 Å². The number of allylic oxidation sites excluding steroid dienone is 1. The van der Waals surface area contributed by atoms with E-state index in [2.05, 4.69) is 21.4 Å². The van der Waals surface area contributed by atoms with Crippen molar-refractivity contribution in [3.8, 4) is 0 Å². The second kappa shape index (κ2) is 5.91. The fraction of sp³-hybridized carbons (Fsp3) is 0.600. The molecule has 0 atom stereocenters. The van der Waals surface area contributed by atoms with Gasteiger partial charge in [0.05, 0.1) is 5.69 Å². The Bertz CT molecular complexity index is 496. The topological polar surface area (TPSA) is 37.8 Å². The van der Waals surface area contributed by atoms with Crippen molar-refractivity contribution in [2.24, 2.45) is 0 Å². The maximum Gasteiger partial charge on any atom is 0.224 e. The Balaban J connectivity index is 1.62. The van der Waals surface area contributed by atoms with E-state index in [1.165, 1.54) is 37.7 Å². The monoisotopic (exact) mass is 277 g/mol. The zero-order valence-corrected chi connectivity index (χ0v) is 12.0. The van der Waals surface area contributed by atoms with Crippen molar-refractivity contribution in [3.05, 3.63) is 28.2 Å². The number of fused-ring (bicyclic) bond motifs is 1. The summed E-state index contributed by atoms with van der Waals surface area (Å²) in [6.07, 6.45) is 12.0. The predicted octanol–water partition coefficient (Wildman–Crippen LogP) is 3.92. The van der Waals surface area contributed by atoms with E-state index < -0.39 is 0 Å². The minimum atomic E-state index is 0.375. The normalized spacial score (nSPS) is 18.1. The lowest BCUT2D eigenvalue weighted by molar-refractivity contribution is 0.679. The van der Waals surface area contributed by atoms with Crippen LogP contribution in [0.2, 0.25) is 5.28 Å². The second-order valence-corrected chi connectivity index (χ2v) is 5.74. The molecule has 4 heteroatoms. The van der Waals surface area contributed by atoms with Crippen molar-refractivity contribution in [3.63, 3.8) is 0 Å². The van der Waals surface area contributed by atoms with Gasteiger partial charge >= 0.3 is 0 Å². The summed E-state index contributed by atoms with van der Waals surface area (Å²) in [6, 6.07) is 0. The van der Waals surface area contributed by atoms with Gasteiger partial charge in [0.25, 0.3) is 0 Å². The van der Waals surface area contributed by atoms with Crippen LogP contribution in [0.5, 0.6) is 0 Å². The summed E-state index contributed by atoms with van der Waals surface area (Å²) >= 11 is 5.98. The maximum atomic E-state index is 5.98. The summed E-state index contributed by atoms with van der Waals surface area (Å²) in [6.45, 7) is 0.950. The predicted molar refractivity (Wildman–Crippen MR) is 78.7 cm³/mol. The molecule has 0 fully saturated rings. The van der Waals surface area contributed by atoms with Gasteiger partial charge in [-0.1, -0.05) is 11.6 Å². The van der Waals surface area contributed by atoms with E-state index in [-0.39, 0.29) is 0 Å². The first-order chi connectivity index (χ1) is 9.33. The average Bonchev–Trinajstić information content (AvgIpc) is 2.88. The highest BCUT2D eigenvalue weighted by Gasteiger charge is 2.18. The molecule has 102 valence electrons. The Hall–Kier alpha value is -1.09. The number of rotatable bonds is 4. The van der Waals surface area contributed by atoms with Gasteiger partial charge in [-0.05, 0) is 63.0 Å². The SMILES string of the molecule is Clc1nc2c(c(NCCC3=CCCCC3)n1)CCC2. The Kier molecular flexibility index (Phi) is 4.02. The van der Waals surface area contributed by atoms with Crippen molar-refractivity contribution in [2.45, 2.75) is 51.4 Å². The van der Waals surface area contributed by atoms with Gasteiger partial charge in [-0.25, -0.2) is 9.97 Å². The second-order valence-electron chi connectivity index (χ2n) is 5.40. The fourth-order valence-electron chi connectivity index (χ4n) is 3.02. The van der Waals surface area contributed by atoms with Crippen LogP contribution >= 0.6 is 11.6 Å². The summed E-state index contributed by atoms with van der Waals surface area (Å²) in [4.78, 5) is 8.67. The minimum absolute atomic E-state index is 0.375. The molecular weight excluding hydrogens is 258 g/mol. The van der Waals surface area contributed by atoms with E-state index >= 15 is 0 Å². The molecule has 1 aromatic rings. The van der Waals surface area contributed by atoms with Gasteiger partial charge in [0.2, 0.25) is 5.28 Å².